The standard InChI is InChI=1S/C8H9F6NO2/c9-7(10,11)4(8(12,13)14)6(5(16)17)1-3(15)2-6/h3-4H,1-2,15H2,(H,16,17). The molecule has 0 spiro atoms. The zero-order valence-corrected chi connectivity index (χ0v) is 8.27. The number of hydrogen-bond donors (Lipinski definition) is 2. The molecular weight excluding hydrogens is 256 g/mol. The molecule has 1 aliphatic rings. The molecule has 3 nitrogen and oxygen atoms in total. The third kappa shape index (κ3) is 2.33. The van der Waals surface area contributed by atoms with Crippen molar-refractivity contribution in [3.8, 4) is 0 Å². The Hall–Kier alpha value is -0.990. The van der Waals surface area contributed by atoms with Gasteiger partial charge in [-0.3, -0.25) is 4.79 Å². The third-order valence-corrected chi connectivity index (χ3v) is 2.89. The second-order valence-corrected chi connectivity index (χ2v) is 4.15. The van der Waals surface area contributed by atoms with Crippen LogP contribution < -0.4 is 5.73 Å². The quantitative estimate of drug-likeness (QED) is 0.750. The molecular formula is C8H9F6NO2. The van der Waals surface area contributed by atoms with E-state index in [4.69, 9.17) is 10.8 Å². The monoisotopic (exact) mass is 265 g/mol. The van der Waals surface area contributed by atoms with Crippen molar-refractivity contribution in [3.63, 3.8) is 0 Å². The number of hydrogen-bond acceptors (Lipinski definition) is 2. The van der Waals surface area contributed by atoms with Crippen molar-refractivity contribution in [2.45, 2.75) is 31.2 Å². The maximum Gasteiger partial charge on any atom is 0.401 e. The Morgan fingerprint density at radius 3 is 1.71 bits per heavy atom. The van der Waals surface area contributed by atoms with Gasteiger partial charge in [-0.2, -0.15) is 26.3 Å². The molecule has 0 saturated heterocycles. The Labute approximate surface area is 91.6 Å². The highest BCUT2D eigenvalue weighted by molar-refractivity contribution is 5.77. The van der Waals surface area contributed by atoms with E-state index in [0.29, 0.717) is 0 Å². The lowest BCUT2D eigenvalue weighted by Gasteiger charge is -2.48. The van der Waals surface area contributed by atoms with E-state index in [1.807, 2.05) is 0 Å². The SMILES string of the molecule is NC1CC(C(=O)O)(C(C(F)(F)F)C(F)(F)F)C1. The first kappa shape index (κ1) is 14.1. The van der Waals surface area contributed by atoms with Gasteiger partial charge in [-0.25, -0.2) is 0 Å². The van der Waals surface area contributed by atoms with Crippen molar-refractivity contribution < 1.29 is 36.2 Å². The number of nitrogens with two attached hydrogens (primary N) is 1. The Morgan fingerprint density at radius 2 is 1.53 bits per heavy atom. The van der Waals surface area contributed by atoms with Gasteiger partial charge in [-0.05, 0) is 12.8 Å². The first-order chi connectivity index (χ1) is 7.41. The molecule has 0 aromatic heterocycles. The fourth-order valence-corrected chi connectivity index (χ4v) is 2.22. The number of aliphatic carboxylic acids is 1. The second kappa shape index (κ2) is 3.76. The van der Waals surface area contributed by atoms with E-state index in [1.54, 1.807) is 0 Å². The second-order valence-electron chi connectivity index (χ2n) is 4.15. The Balaban J connectivity index is 3.18. The van der Waals surface area contributed by atoms with Crippen molar-refractivity contribution in [2.24, 2.45) is 17.1 Å². The molecule has 0 aromatic carbocycles. The fraction of sp³-hybridized carbons (Fsp3) is 0.875. The zero-order chi connectivity index (χ0) is 13.6. The summed E-state index contributed by atoms with van der Waals surface area (Å²) in [7, 11) is 0. The lowest BCUT2D eigenvalue weighted by Crippen LogP contribution is -2.62. The van der Waals surface area contributed by atoms with Crippen LogP contribution in [0.2, 0.25) is 0 Å². The summed E-state index contributed by atoms with van der Waals surface area (Å²) < 4.78 is 74.4. The summed E-state index contributed by atoms with van der Waals surface area (Å²) in [5.41, 5.74) is 2.24. The maximum atomic E-state index is 12.4. The smallest absolute Gasteiger partial charge is 0.401 e. The molecule has 1 aliphatic carbocycles. The molecule has 1 fully saturated rings. The van der Waals surface area contributed by atoms with Crippen molar-refractivity contribution in [2.75, 3.05) is 0 Å². The van der Waals surface area contributed by atoms with E-state index in [2.05, 4.69) is 0 Å². The van der Waals surface area contributed by atoms with Gasteiger partial charge in [0.15, 0.2) is 5.92 Å². The number of carboxylic acids is 1. The molecule has 1 saturated carbocycles. The highest BCUT2D eigenvalue weighted by Crippen LogP contribution is 2.58. The van der Waals surface area contributed by atoms with E-state index < -0.39 is 48.5 Å². The molecule has 9 heteroatoms. The predicted octanol–water partition coefficient (Wildman–Crippen LogP) is 1.92. The van der Waals surface area contributed by atoms with Crippen LogP contribution in [0.3, 0.4) is 0 Å². The van der Waals surface area contributed by atoms with Gasteiger partial charge in [-0.1, -0.05) is 0 Å². The van der Waals surface area contributed by atoms with Crippen molar-refractivity contribution in [1.29, 1.82) is 0 Å². The van der Waals surface area contributed by atoms with Crippen molar-refractivity contribution in [3.05, 3.63) is 0 Å². The van der Waals surface area contributed by atoms with Crippen LogP contribution in [-0.4, -0.2) is 29.5 Å². The van der Waals surface area contributed by atoms with Crippen LogP contribution in [0.25, 0.3) is 0 Å². The zero-order valence-electron chi connectivity index (χ0n) is 8.27. The van der Waals surface area contributed by atoms with Crippen LogP contribution in [-0.2, 0) is 4.79 Å². The van der Waals surface area contributed by atoms with Crippen LogP contribution in [0.4, 0.5) is 26.3 Å². The van der Waals surface area contributed by atoms with Gasteiger partial charge in [0.05, 0.1) is 5.41 Å². The minimum atomic E-state index is -5.66. The first-order valence-electron chi connectivity index (χ1n) is 4.53. The van der Waals surface area contributed by atoms with Crippen LogP contribution in [0.5, 0.6) is 0 Å². The van der Waals surface area contributed by atoms with Gasteiger partial charge in [0.25, 0.3) is 0 Å². The lowest BCUT2D eigenvalue weighted by atomic mass is 9.58. The molecule has 0 atom stereocenters. The van der Waals surface area contributed by atoms with Gasteiger partial charge in [0.1, 0.15) is 0 Å². The summed E-state index contributed by atoms with van der Waals surface area (Å²) in [5.74, 6) is -5.99. The summed E-state index contributed by atoms with van der Waals surface area (Å²) in [4.78, 5) is 10.7. The average Bonchev–Trinajstić information content (AvgIpc) is 1.94. The van der Waals surface area contributed by atoms with Crippen LogP contribution in [0.15, 0.2) is 0 Å². The molecule has 17 heavy (non-hydrogen) atoms. The van der Waals surface area contributed by atoms with Crippen LogP contribution in [0.1, 0.15) is 12.8 Å². The minimum absolute atomic E-state index is 0.827. The minimum Gasteiger partial charge on any atom is -0.481 e. The Morgan fingerprint density at radius 1 is 1.18 bits per heavy atom. The summed E-state index contributed by atoms with van der Waals surface area (Å²) in [6.45, 7) is 0. The van der Waals surface area contributed by atoms with E-state index in [0.717, 1.165) is 0 Å². The molecule has 1 rings (SSSR count). The van der Waals surface area contributed by atoms with E-state index in [-0.39, 0.29) is 0 Å². The highest BCUT2D eigenvalue weighted by Gasteiger charge is 2.72. The van der Waals surface area contributed by atoms with E-state index in [9.17, 15) is 31.1 Å². The number of rotatable bonds is 2. The molecule has 3 N–H and O–H groups in total. The molecule has 0 bridgehead atoms. The van der Waals surface area contributed by atoms with Gasteiger partial charge in [0.2, 0.25) is 0 Å². The topological polar surface area (TPSA) is 63.3 Å². The Kier molecular flexibility index (Phi) is 3.11. The summed E-state index contributed by atoms with van der Waals surface area (Å²) >= 11 is 0. The maximum absolute atomic E-state index is 12.4. The number of alkyl halides is 6. The molecule has 0 aromatic rings. The lowest BCUT2D eigenvalue weighted by molar-refractivity contribution is -0.324. The summed E-state index contributed by atoms with van der Waals surface area (Å²) in [6.07, 6.45) is -13.0. The largest absolute Gasteiger partial charge is 0.481 e. The number of carboxylic acid groups (broad SMARTS) is 1. The number of halogens is 6. The van der Waals surface area contributed by atoms with Gasteiger partial charge in [-0.15, -0.1) is 0 Å². The van der Waals surface area contributed by atoms with E-state index in [1.165, 1.54) is 0 Å². The van der Waals surface area contributed by atoms with Gasteiger partial charge in [0, 0.05) is 6.04 Å². The number of carbonyl (C=O) groups is 1. The molecule has 100 valence electrons. The Bertz CT molecular complexity index is 303. The van der Waals surface area contributed by atoms with Crippen molar-refractivity contribution >= 4 is 5.97 Å². The first-order valence-corrected chi connectivity index (χ1v) is 4.53. The summed E-state index contributed by atoms with van der Waals surface area (Å²) in [6, 6.07) is -0.946. The molecule has 0 heterocycles. The summed E-state index contributed by atoms with van der Waals surface area (Å²) in [5, 5.41) is 8.64. The van der Waals surface area contributed by atoms with Crippen LogP contribution >= 0.6 is 0 Å². The predicted molar refractivity (Wildman–Crippen MR) is 42.9 cm³/mol. The van der Waals surface area contributed by atoms with Crippen LogP contribution in [0, 0.1) is 11.3 Å². The molecule has 0 radical (unpaired) electrons. The normalized spacial score (nSPS) is 30.2. The third-order valence-electron chi connectivity index (χ3n) is 2.89. The van der Waals surface area contributed by atoms with E-state index >= 15 is 0 Å². The fourth-order valence-electron chi connectivity index (χ4n) is 2.22. The van der Waals surface area contributed by atoms with Gasteiger partial charge >= 0.3 is 18.3 Å². The molecule has 0 amide bonds. The molecule has 0 aliphatic heterocycles. The highest BCUT2D eigenvalue weighted by atomic mass is 19.4. The average molecular weight is 265 g/mol. The van der Waals surface area contributed by atoms with Crippen molar-refractivity contribution in [1.82, 2.24) is 0 Å². The van der Waals surface area contributed by atoms with Gasteiger partial charge < -0.3 is 10.8 Å². The molecule has 0 unspecified atom stereocenters.